The second kappa shape index (κ2) is 5.28. The molecule has 1 aromatic heterocycles. The van der Waals surface area contributed by atoms with Gasteiger partial charge in [-0.05, 0) is 6.92 Å². The van der Waals surface area contributed by atoms with E-state index < -0.39 is 48.0 Å². The second-order valence-corrected chi connectivity index (χ2v) is 5.73. The van der Waals surface area contributed by atoms with Crippen LogP contribution in [0.4, 0.5) is 0 Å². The molecule has 0 radical (unpaired) electrons. The lowest BCUT2D eigenvalue weighted by Gasteiger charge is -2.24. The maximum absolute atomic E-state index is 12.0. The van der Waals surface area contributed by atoms with Crippen molar-refractivity contribution >= 4 is 0 Å². The molecular weight excluding hydrogens is 296 g/mol. The summed E-state index contributed by atoms with van der Waals surface area (Å²) in [6.45, 7) is 0.788. The number of aromatic amines is 1. The van der Waals surface area contributed by atoms with Gasteiger partial charge in [-0.15, -0.1) is 0 Å². The normalized spacial score (nSPS) is 37.5. The van der Waals surface area contributed by atoms with Crippen molar-refractivity contribution in [2.45, 2.75) is 43.5 Å². The summed E-state index contributed by atoms with van der Waals surface area (Å²) in [5.41, 5.74) is -2.40. The summed E-state index contributed by atoms with van der Waals surface area (Å²) in [7, 11) is 0. The van der Waals surface area contributed by atoms with Crippen LogP contribution in [-0.4, -0.2) is 62.0 Å². The van der Waals surface area contributed by atoms with Gasteiger partial charge >= 0.3 is 5.69 Å². The number of H-pyrrole nitrogens is 1. The third kappa shape index (κ3) is 2.13. The van der Waals surface area contributed by atoms with E-state index in [9.17, 15) is 24.9 Å². The number of hydrogen-bond donors (Lipinski definition) is 4. The van der Waals surface area contributed by atoms with Crippen LogP contribution in [0.5, 0.6) is 0 Å². The molecule has 22 heavy (non-hydrogen) atoms. The molecule has 122 valence electrons. The van der Waals surface area contributed by atoms with E-state index in [2.05, 4.69) is 4.98 Å². The number of nitrogens with one attached hydrogen (secondary N) is 1. The number of hydrogen-bond acceptors (Lipinski definition) is 7. The molecule has 9 nitrogen and oxygen atoms in total. The molecule has 9 heteroatoms. The Bertz CT molecular complexity index is 684. The monoisotopic (exact) mass is 314 g/mol. The zero-order chi connectivity index (χ0) is 16.1. The Morgan fingerprint density at radius 3 is 2.73 bits per heavy atom. The standard InChI is InChI=1S/C13H18N2O7/c1-6-3-15(12(19)14-10(6)18)11-9-13(20,8(5-17)22-11)2-7(4-16)21-9/h3,7-9,11,16-17,20H,2,4-5H2,1H3,(H,14,18,19)/t7-,8+,9+,11+,13+/m0/s1. The van der Waals surface area contributed by atoms with Gasteiger partial charge in [0, 0.05) is 18.2 Å². The van der Waals surface area contributed by atoms with Crippen LogP contribution in [0.3, 0.4) is 0 Å². The van der Waals surface area contributed by atoms with E-state index in [0.29, 0.717) is 5.56 Å². The molecule has 2 fully saturated rings. The van der Waals surface area contributed by atoms with Crippen molar-refractivity contribution < 1.29 is 24.8 Å². The molecule has 0 saturated carbocycles. The Hall–Kier alpha value is -1.52. The van der Waals surface area contributed by atoms with E-state index in [0.717, 1.165) is 4.57 Å². The van der Waals surface area contributed by atoms with Crippen molar-refractivity contribution in [1.29, 1.82) is 0 Å². The van der Waals surface area contributed by atoms with Crippen LogP contribution in [0.2, 0.25) is 0 Å². The summed E-state index contributed by atoms with van der Waals surface area (Å²) in [5, 5.41) is 29.4. The third-order valence-corrected chi connectivity index (χ3v) is 4.30. The molecule has 2 aliphatic rings. The van der Waals surface area contributed by atoms with E-state index in [1.54, 1.807) is 0 Å². The van der Waals surface area contributed by atoms with Gasteiger partial charge in [0.15, 0.2) is 6.23 Å². The SMILES string of the molecule is Cc1cn([C@@H]2O[C@H](CO)[C@]3(O)C[C@@H](CO)O[C@H]23)c(=O)[nH]c1=O. The lowest BCUT2D eigenvalue weighted by atomic mass is 9.89. The molecule has 0 spiro atoms. The van der Waals surface area contributed by atoms with Crippen molar-refractivity contribution in [3.05, 3.63) is 32.6 Å². The van der Waals surface area contributed by atoms with Crippen LogP contribution >= 0.6 is 0 Å². The Morgan fingerprint density at radius 2 is 2.09 bits per heavy atom. The Kier molecular flexibility index (Phi) is 3.69. The first-order valence-corrected chi connectivity index (χ1v) is 6.97. The minimum absolute atomic E-state index is 0.0903. The van der Waals surface area contributed by atoms with Crippen LogP contribution in [-0.2, 0) is 9.47 Å². The molecule has 5 atom stereocenters. The van der Waals surface area contributed by atoms with Gasteiger partial charge < -0.3 is 24.8 Å². The second-order valence-electron chi connectivity index (χ2n) is 5.73. The lowest BCUT2D eigenvalue weighted by molar-refractivity contribution is -0.0989. The molecule has 0 unspecified atom stereocenters. The van der Waals surface area contributed by atoms with Crippen LogP contribution in [0.1, 0.15) is 18.2 Å². The minimum Gasteiger partial charge on any atom is -0.394 e. The molecule has 0 bridgehead atoms. The van der Waals surface area contributed by atoms with E-state index in [-0.39, 0.29) is 13.0 Å². The van der Waals surface area contributed by atoms with Crippen LogP contribution in [0.25, 0.3) is 0 Å². The molecule has 3 rings (SSSR count). The van der Waals surface area contributed by atoms with Gasteiger partial charge in [-0.25, -0.2) is 4.79 Å². The van der Waals surface area contributed by atoms with Crippen molar-refractivity contribution in [3.63, 3.8) is 0 Å². The average molecular weight is 314 g/mol. The van der Waals surface area contributed by atoms with Crippen molar-refractivity contribution in [1.82, 2.24) is 9.55 Å². The summed E-state index contributed by atoms with van der Waals surface area (Å²) >= 11 is 0. The van der Waals surface area contributed by atoms with E-state index >= 15 is 0 Å². The highest BCUT2D eigenvalue weighted by Crippen LogP contribution is 2.46. The van der Waals surface area contributed by atoms with Crippen molar-refractivity contribution in [2.75, 3.05) is 13.2 Å². The highest BCUT2D eigenvalue weighted by molar-refractivity contribution is 5.10. The summed E-state index contributed by atoms with van der Waals surface area (Å²) in [6, 6.07) is 0. The molecule has 0 amide bonds. The summed E-state index contributed by atoms with van der Waals surface area (Å²) < 4.78 is 12.3. The van der Waals surface area contributed by atoms with Crippen LogP contribution in [0, 0.1) is 6.92 Å². The van der Waals surface area contributed by atoms with Crippen molar-refractivity contribution in [3.8, 4) is 0 Å². The van der Waals surface area contributed by atoms with Gasteiger partial charge in [-0.1, -0.05) is 0 Å². The van der Waals surface area contributed by atoms with Gasteiger partial charge in [0.05, 0.1) is 19.3 Å². The predicted octanol–water partition coefficient (Wildman–Crippen LogP) is -2.38. The summed E-state index contributed by atoms with van der Waals surface area (Å²) in [5.74, 6) is 0. The Labute approximate surface area is 124 Å². The first-order chi connectivity index (χ1) is 10.4. The number of nitrogens with zero attached hydrogens (tertiary/aromatic N) is 1. The van der Waals surface area contributed by atoms with Gasteiger partial charge in [0.2, 0.25) is 0 Å². The van der Waals surface area contributed by atoms with E-state index in [4.69, 9.17) is 9.47 Å². The maximum atomic E-state index is 12.0. The number of rotatable bonds is 3. The van der Waals surface area contributed by atoms with E-state index in [1.807, 2.05) is 0 Å². The quantitative estimate of drug-likeness (QED) is 0.489. The minimum atomic E-state index is -1.50. The number of aromatic nitrogens is 2. The number of aryl methyl sites for hydroxylation is 1. The third-order valence-electron chi connectivity index (χ3n) is 4.30. The summed E-state index contributed by atoms with van der Waals surface area (Å²) in [4.78, 5) is 25.6. The fourth-order valence-corrected chi connectivity index (χ4v) is 3.14. The number of aliphatic hydroxyl groups excluding tert-OH is 2. The van der Waals surface area contributed by atoms with Crippen molar-refractivity contribution in [2.24, 2.45) is 0 Å². The molecule has 1 aromatic rings. The molecule has 3 heterocycles. The Morgan fingerprint density at radius 1 is 1.36 bits per heavy atom. The molecule has 2 aliphatic heterocycles. The van der Waals surface area contributed by atoms with Crippen LogP contribution < -0.4 is 11.2 Å². The molecular formula is C13H18N2O7. The largest absolute Gasteiger partial charge is 0.394 e. The maximum Gasteiger partial charge on any atom is 0.330 e. The topological polar surface area (TPSA) is 134 Å². The van der Waals surface area contributed by atoms with Gasteiger partial charge in [0.1, 0.15) is 17.8 Å². The van der Waals surface area contributed by atoms with Crippen LogP contribution in [0.15, 0.2) is 15.8 Å². The fourth-order valence-electron chi connectivity index (χ4n) is 3.14. The molecule has 2 saturated heterocycles. The average Bonchev–Trinajstić information content (AvgIpc) is 2.94. The smallest absolute Gasteiger partial charge is 0.330 e. The fraction of sp³-hybridized carbons (Fsp3) is 0.692. The van der Waals surface area contributed by atoms with Gasteiger partial charge in [-0.3, -0.25) is 14.3 Å². The zero-order valence-electron chi connectivity index (χ0n) is 11.9. The highest BCUT2D eigenvalue weighted by atomic mass is 16.6. The first kappa shape index (κ1) is 15.4. The lowest BCUT2D eigenvalue weighted by Crippen LogP contribution is -2.46. The number of aliphatic hydroxyl groups is 3. The number of ether oxygens (including phenoxy) is 2. The number of fused-ring (bicyclic) bond motifs is 1. The molecule has 4 N–H and O–H groups in total. The predicted molar refractivity (Wildman–Crippen MR) is 72.4 cm³/mol. The molecule has 0 aliphatic carbocycles. The van der Waals surface area contributed by atoms with Gasteiger partial charge in [-0.2, -0.15) is 0 Å². The van der Waals surface area contributed by atoms with E-state index in [1.165, 1.54) is 13.1 Å². The summed E-state index contributed by atoms with van der Waals surface area (Å²) in [6.07, 6.45) is -2.06. The Balaban J connectivity index is 2.04. The first-order valence-electron chi connectivity index (χ1n) is 6.97. The zero-order valence-corrected chi connectivity index (χ0v) is 11.9. The molecule has 0 aromatic carbocycles. The van der Waals surface area contributed by atoms with Gasteiger partial charge in [0.25, 0.3) is 5.56 Å². The highest BCUT2D eigenvalue weighted by Gasteiger charge is 2.62.